The third kappa shape index (κ3) is 3.74. The fourth-order valence-electron chi connectivity index (χ4n) is 3.33. The van der Waals surface area contributed by atoms with E-state index in [0.717, 1.165) is 5.56 Å². The molecule has 9 heteroatoms. The summed E-state index contributed by atoms with van der Waals surface area (Å²) in [6.07, 6.45) is 0.188. The fourth-order valence-corrected chi connectivity index (χ4v) is 4.89. The van der Waals surface area contributed by atoms with E-state index in [1.807, 2.05) is 6.07 Å². The lowest BCUT2D eigenvalue weighted by atomic mass is 10.1. The fraction of sp³-hybridized carbons (Fsp3) is 0.150. The van der Waals surface area contributed by atoms with Crippen molar-refractivity contribution in [2.24, 2.45) is 0 Å². The molecule has 2 aromatic carbocycles. The molecule has 0 amide bonds. The van der Waals surface area contributed by atoms with Crippen LogP contribution in [0.5, 0.6) is 0 Å². The zero-order chi connectivity index (χ0) is 20.6. The van der Waals surface area contributed by atoms with Crippen LogP contribution in [0.3, 0.4) is 0 Å². The second kappa shape index (κ2) is 7.22. The van der Waals surface area contributed by atoms with E-state index in [0.29, 0.717) is 11.3 Å². The number of hydrogen-bond acceptors (Lipinski definition) is 5. The van der Waals surface area contributed by atoms with Gasteiger partial charge in [-0.1, -0.05) is 54.1 Å². The Hall–Kier alpha value is -2.81. The highest BCUT2D eigenvalue weighted by Crippen LogP contribution is 2.52. The van der Waals surface area contributed by atoms with Gasteiger partial charge in [0.2, 0.25) is 10.0 Å². The van der Waals surface area contributed by atoms with Gasteiger partial charge in [-0.3, -0.25) is 4.79 Å². The van der Waals surface area contributed by atoms with Gasteiger partial charge in [-0.25, -0.2) is 8.42 Å². The number of benzene rings is 2. The number of nitrogens with one attached hydrogen (secondary N) is 1. The number of aliphatic carboxylic acids is 1. The summed E-state index contributed by atoms with van der Waals surface area (Å²) in [5.41, 5.74) is 0.198. The van der Waals surface area contributed by atoms with Crippen molar-refractivity contribution in [2.75, 3.05) is 0 Å². The molecule has 2 N–H and O–H groups in total. The van der Waals surface area contributed by atoms with Crippen LogP contribution in [-0.2, 0) is 14.8 Å². The third-order valence-electron chi connectivity index (χ3n) is 4.93. The topological polar surface area (TPSA) is 109 Å². The van der Waals surface area contributed by atoms with Gasteiger partial charge in [-0.15, -0.1) is 10.2 Å². The van der Waals surface area contributed by atoms with Crippen LogP contribution in [0.15, 0.2) is 71.6 Å². The van der Waals surface area contributed by atoms with Crippen molar-refractivity contribution in [3.8, 4) is 11.3 Å². The maximum Gasteiger partial charge on any atom is 0.325 e. The van der Waals surface area contributed by atoms with Gasteiger partial charge in [0.05, 0.1) is 10.6 Å². The molecule has 0 saturated heterocycles. The second-order valence-corrected chi connectivity index (χ2v) is 8.89. The quantitative estimate of drug-likeness (QED) is 0.623. The number of rotatable bonds is 6. The summed E-state index contributed by atoms with van der Waals surface area (Å²) < 4.78 is 28.4. The Balaban J connectivity index is 1.64. The van der Waals surface area contributed by atoms with Crippen LogP contribution in [0.2, 0.25) is 5.15 Å². The molecular formula is C20H16ClN3O4S. The minimum Gasteiger partial charge on any atom is -0.480 e. The Morgan fingerprint density at radius 1 is 1.07 bits per heavy atom. The monoisotopic (exact) mass is 429 g/mol. The first-order valence-electron chi connectivity index (χ1n) is 8.74. The first kappa shape index (κ1) is 19.5. The van der Waals surface area contributed by atoms with E-state index in [9.17, 15) is 18.3 Å². The van der Waals surface area contributed by atoms with E-state index < -0.39 is 27.4 Å². The van der Waals surface area contributed by atoms with E-state index in [-0.39, 0.29) is 16.5 Å². The molecule has 148 valence electrons. The van der Waals surface area contributed by atoms with Crippen molar-refractivity contribution < 1.29 is 18.3 Å². The van der Waals surface area contributed by atoms with E-state index in [1.165, 1.54) is 12.1 Å². The highest BCUT2D eigenvalue weighted by atomic mass is 35.5. The number of carbonyl (C=O) groups is 1. The number of aromatic nitrogens is 2. The summed E-state index contributed by atoms with van der Waals surface area (Å²) >= 11 is 5.74. The number of carboxylic acids is 1. The number of nitrogens with zero attached hydrogens (tertiary/aromatic N) is 2. The standard InChI is InChI=1S/C20H16ClN3O4S/c21-18-10-9-17(22-23-18)14-7-4-8-15(11-14)29(27,28)24-20(19(25)26)12-16(20)13-5-2-1-3-6-13/h1-11,16,24H,12H2,(H,25,26)/t16-,20?/m0/s1. The number of sulfonamides is 1. The Labute approximate surface area is 172 Å². The van der Waals surface area contributed by atoms with Gasteiger partial charge in [0.25, 0.3) is 0 Å². The van der Waals surface area contributed by atoms with Crippen molar-refractivity contribution in [3.63, 3.8) is 0 Å². The molecule has 0 radical (unpaired) electrons. The minimum absolute atomic E-state index is 0.0499. The molecule has 2 atom stereocenters. The maximum atomic E-state index is 13.0. The molecule has 1 saturated carbocycles. The molecular weight excluding hydrogens is 414 g/mol. The Morgan fingerprint density at radius 3 is 2.48 bits per heavy atom. The first-order valence-corrected chi connectivity index (χ1v) is 10.6. The highest BCUT2D eigenvalue weighted by Gasteiger charge is 2.63. The second-order valence-electron chi connectivity index (χ2n) is 6.82. The van der Waals surface area contributed by atoms with Crippen LogP contribution in [0, 0.1) is 0 Å². The smallest absolute Gasteiger partial charge is 0.325 e. The predicted octanol–water partition coefficient (Wildman–Crippen LogP) is 3.09. The zero-order valence-electron chi connectivity index (χ0n) is 15.0. The molecule has 7 nitrogen and oxygen atoms in total. The molecule has 1 fully saturated rings. The van der Waals surface area contributed by atoms with Crippen LogP contribution >= 0.6 is 11.6 Å². The van der Waals surface area contributed by atoms with Gasteiger partial charge < -0.3 is 5.11 Å². The molecule has 1 heterocycles. The summed E-state index contributed by atoms with van der Waals surface area (Å²) in [7, 11) is -4.09. The van der Waals surface area contributed by atoms with Gasteiger partial charge in [0.15, 0.2) is 5.15 Å². The van der Waals surface area contributed by atoms with Crippen molar-refractivity contribution >= 4 is 27.6 Å². The largest absolute Gasteiger partial charge is 0.480 e. The van der Waals surface area contributed by atoms with Gasteiger partial charge in [-0.2, -0.15) is 4.72 Å². The van der Waals surface area contributed by atoms with Crippen molar-refractivity contribution in [1.29, 1.82) is 0 Å². The lowest BCUT2D eigenvalue weighted by Crippen LogP contribution is -2.44. The SMILES string of the molecule is O=C(O)C1(NS(=O)(=O)c2cccc(-c3ccc(Cl)nn3)c2)C[C@H]1c1ccccc1. The Morgan fingerprint density at radius 2 is 1.83 bits per heavy atom. The van der Waals surface area contributed by atoms with Crippen LogP contribution in [0.1, 0.15) is 17.9 Å². The number of halogens is 1. The summed E-state index contributed by atoms with van der Waals surface area (Å²) in [5.74, 6) is -1.63. The predicted molar refractivity (Wildman–Crippen MR) is 107 cm³/mol. The molecule has 1 aliphatic rings. The third-order valence-corrected chi connectivity index (χ3v) is 6.64. The van der Waals surface area contributed by atoms with Gasteiger partial charge in [0.1, 0.15) is 5.54 Å². The van der Waals surface area contributed by atoms with Crippen molar-refractivity contribution in [2.45, 2.75) is 22.8 Å². The summed E-state index contributed by atoms with van der Waals surface area (Å²) in [4.78, 5) is 11.9. The molecule has 1 aromatic heterocycles. The summed E-state index contributed by atoms with van der Waals surface area (Å²) in [5, 5.41) is 17.7. The van der Waals surface area contributed by atoms with E-state index in [2.05, 4.69) is 14.9 Å². The van der Waals surface area contributed by atoms with Crippen LogP contribution < -0.4 is 4.72 Å². The van der Waals surface area contributed by atoms with Gasteiger partial charge in [0, 0.05) is 11.5 Å². The molecule has 1 unspecified atom stereocenters. The summed E-state index contributed by atoms with van der Waals surface area (Å²) in [6.45, 7) is 0. The average Bonchev–Trinajstić information content (AvgIpc) is 3.44. The average molecular weight is 430 g/mol. The molecule has 0 spiro atoms. The van der Waals surface area contributed by atoms with Crippen LogP contribution in [-0.4, -0.2) is 35.2 Å². The number of hydrogen-bond donors (Lipinski definition) is 2. The van der Waals surface area contributed by atoms with Crippen LogP contribution in [0.25, 0.3) is 11.3 Å². The molecule has 0 aliphatic heterocycles. The lowest BCUT2D eigenvalue weighted by molar-refractivity contribution is -0.140. The Bertz CT molecular complexity index is 1170. The van der Waals surface area contributed by atoms with Gasteiger partial charge >= 0.3 is 5.97 Å². The molecule has 3 aromatic rings. The summed E-state index contributed by atoms with van der Waals surface area (Å²) in [6, 6.07) is 18.3. The van der Waals surface area contributed by atoms with Crippen molar-refractivity contribution in [1.82, 2.24) is 14.9 Å². The highest BCUT2D eigenvalue weighted by molar-refractivity contribution is 7.89. The molecule has 4 rings (SSSR count). The normalized spacial score (nSPS) is 20.9. The van der Waals surface area contributed by atoms with E-state index in [1.54, 1.807) is 48.5 Å². The maximum absolute atomic E-state index is 13.0. The van der Waals surface area contributed by atoms with Gasteiger partial charge in [-0.05, 0) is 36.2 Å². The van der Waals surface area contributed by atoms with E-state index >= 15 is 0 Å². The molecule has 29 heavy (non-hydrogen) atoms. The minimum atomic E-state index is -4.09. The first-order chi connectivity index (χ1) is 13.8. The van der Waals surface area contributed by atoms with E-state index in [4.69, 9.17) is 11.6 Å². The zero-order valence-corrected chi connectivity index (χ0v) is 16.6. The molecule has 0 bridgehead atoms. The Kier molecular flexibility index (Phi) is 4.85. The number of carboxylic acid groups (broad SMARTS) is 1. The molecule has 1 aliphatic carbocycles. The van der Waals surface area contributed by atoms with Crippen LogP contribution in [0.4, 0.5) is 0 Å². The van der Waals surface area contributed by atoms with Crippen molar-refractivity contribution in [3.05, 3.63) is 77.4 Å². The lowest BCUT2D eigenvalue weighted by Gasteiger charge is -2.16.